The molecule has 1 aliphatic rings. The number of nitrogens with one attached hydrogen (secondary N) is 1. The summed E-state index contributed by atoms with van der Waals surface area (Å²) in [7, 11) is 0. The number of urea groups is 1. The van der Waals surface area contributed by atoms with Crippen molar-refractivity contribution in [2.45, 2.75) is 24.5 Å². The number of aliphatic hydroxyl groups excluding tert-OH is 3. The molecule has 0 spiro atoms. The summed E-state index contributed by atoms with van der Waals surface area (Å²) in [6, 6.07) is -0.918. The number of alkyl halides is 1. The van der Waals surface area contributed by atoms with E-state index in [4.69, 9.17) is 16.3 Å². The van der Waals surface area contributed by atoms with Gasteiger partial charge in [0.2, 0.25) is 0 Å². The van der Waals surface area contributed by atoms with Crippen molar-refractivity contribution in [1.29, 1.82) is 0 Å². The molecular formula is C8H14ClN3O6. The van der Waals surface area contributed by atoms with Gasteiger partial charge in [0, 0.05) is 5.88 Å². The molecule has 1 aliphatic heterocycles. The molecule has 0 aliphatic carbocycles. The molecule has 1 rings (SSSR count). The van der Waals surface area contributed by atoms with Gasteiger partial charge in [-0.05, 0) is 0 Å². The molecule has 4 atom stereocenters. The van der Waals surface area contributed by atoms with Crippen LogP contribution in [0.3, 0.4) is 0 Å². The Morgan fingerprint density at radius 1 is 1.44 bits per heavy atom. The highest BCUT2D eigenvalue weighted by atomic mass is 35.5. The molecule has 0 aromatic rings. The first kappa shape index (κ1) is 15.1. The maximum absolute atomic E-state index is 11.5. The van der Waals surface area contributed by atoms with E-state index in [0.717, 1.165) is 0 Å². The van der Waals surface area contributed by atoms with Crippen LogP contribution in [0.25, 0.3) is 0 Å². The molecule has 0 aromatic carbocycles. The van der Waals surface area contributed by atoms with Crippen molar-refractivity contribution in [3.05, 3.63) is 4.91 Å². The molecule has 1 fully saturated rings. The van der Waals surface area contributed by atoms with Gasteiger partial charge in [0.25, 0.3) is 0 Å². The Balaban J connectivity index is 2.56. The van der Waals surface area contributed by atoms with Gasteiger partial charge in [-0.3, -0.25) is 0 Å². The smallest absolute Gasteiger partial charge is 0.342 e. The standard InChI is InChI=1S/C8H14ClN3O6/c9-1-2-12(11-17)8(16)10-7-6(15)5(14)4(13)3-18-7/h4-7,13-15H,1-3H2,(H,10,16)/t4-,5-,6-,7-/m1/s1. The molecule has 2 amide bonds. The minimum atomic E-state index is -1.51. The topological polar surface area (TPSA) is 132 Å². The number of rotatable bonds is 4. The molecule has 0 saturated carbocycles. The van der Waals surface area contributed by atoms with Gasteiger partial charge in [-0.2, -0.15) is 5.01 Å². The quantitative estimate of drug-likeness (QED) is 0.278. The summed E-state index contributed by atoms with van der Waals surface area (Å²) in [5, 5.41) is 33.2. The van der Waals surface area contributed by atoms with E-state index in [1.54, 1.807) is 0 Å². The Morgan fingerprint density at radius 2 is 2.11 bits per heavy atom. The molecule has 0 radical (unpaired) electrons. The Labute approximate surface area is 107 Å². The van der Waals surface area contributed by atoms with Crippen LogP contribution in [0, 0.1) is 4.91 Å². The predicted molar refractivity (Wildman–Crippen MR) is 59.5 cm³/mol. The van der Waals surface area contributed by atoms with Gasteiger partial charge in [0.05, 0.1) is 18.4 Å². The van der Waals surface area contributed by atoms with Gasteiger partial charge >= 0.3 is 6.03 Å². The molecule has 1 saturated heterocycles. The molecule has 1 heterocycles. The largest absolute Gasteiger partial charge is 0.388 e. The monoisotopic (exact) mass is 283 g/mol. The van der Waals surface area contributed by atoms with Crippen molar-refractivity contribution in [2.75, 3.05) is 19.0 Å². The van der Waals surface area contributed by atoms with E-state index in [-0.39, 0.29) is 19.0 Å². The normalized spacial score (nSPS) is 31.8. The number of carbonyl (C=O) groups excluding carboxylic acids is 1. The van der Waals surface area contributed by atoms with Crippen LogP contribution in [0.2, 0.25) is 0 Å². The second-order valence-corrected chi connectivity index (χ2v) is 4.02. The van der Waals surface area contributed by atoms with E-state index in [0.29, 0.717) is 5.01 Å². The maximum Gasteiger partial charge on any atom is 0.342 e. The van der Waals surface area contributed by atoms with Crippen LogP contribution >= 0.6 is 11.6 Å². The molecule has 10 heteroatoms. The Hall–Kier alpha value is -1.00. The van der Waals surface area contributed by atoms with E-state index in [9.17, 15) is 25.0 Å². The number of nitroso groups, excluding NO2 is 1. The number of amides is 2. The van der Waals surface area contributed by atoms with Gasteiger partial charge in [-0.1, -0.05) is 0 Å². The number of carbonyl (C=O) groups is 1. The average Bonchev–Trinajstić information content (AvgIpc) is 2.36. The third kappa shape index (κ3) is 3.50. The van der Waals surface area contributed by atoms with Crippen LogP contribution in [0.1, 0.15) is 0 Å². The lowest BCUT2D eigenvalue weighted by Gasteiger charge is -2.35. The average molecular weight is 284 g/mol. The Bertz CT molecular complexity index is 307. The highest BCUT2D eigenvalue weighted by Crippen LogP contribution is 2.14. The first-order chi connectivity index (χ1) is 8.51. The fourth-order valence-electron chi connectivity index (χ4n) is 1.39. The summed E-state index contributed by atoms with van der Waals surface area (Å²) in [4.78, 5) is 21.8. The van der Waals surface area contributed by atoms with E-state index in [1.165, 1.54) is 0 Å². The minimum absolute atomic E-state index is 0.00851. The summed E-state index contributed by atoms with van der Waals surface area (Å²) >= 11 is 5.36. The molecule has 104 valence electrons. The number of hydrogen-bond acceptors (Lipinski definition) is 7. The summed E-state index contributed by atoms with van der Waals surface area (Å²) < 4.78 is 4.92. The fraction of sp³-hybridized carbons (Fsp3) is 0.875. The van der Waals surface area contributed by atoms with Gasteiger partial charge in [-0.25, -0.2) is 4.79 Å². The first-order valence-electron chi connectivity index (χ1n) is 5.14. The van der Waals surface area contributed by atoms with Crippen molar-refractivity contribution in [1.82, 2.24) is 10.3 Å². The van der Waals surface area contributed by atoms with Crippen molar-refractivity contribution in [3.8, 4) is 0 Å². The zero-order valence-electron chi connectivity index (χ0n) is 9.27. The van der Waals surface area contributed by atoms with E-state index in [2.05, 4.69) is 10.6 Å². The minimum Gasteiger partial charge on any atom is -0.388 e. The van der Waals surface area contributed by atoms with Gasteiger partial charge < -0.3 is 25.4 Å². The fourth-order valence-corrected chi connectivity index (χ4v) is 1.55. The van der Waals surface area contributed by atoms with Crippen molar-refractivity contribution < 1.29 is 24.9 Å². The van der Waals surface area contributed by atoms with Gasteiger partial charge in [-0.15, -0.1) is 16.5 Å². The number of nitrogens with zero attached hydrogens (tertiary/aromatic N) is 2. The van der Waals surface area contributed by atoms with Crippen molar-refractivity contribution in [2.24, 2.45) is 5.29 Å². The van der Waals surface area contributed by atoms with Crippen LogP contribution in [0.15, 0.2) is 5.29 Å². The zero-order chi connectivity index (χ0) is 13.7. The number of aliphatic hydroxyl groups is 3. The number of hydrogen-bond donors (Lipinski definition) is 4. The summed E-state index contributed by atoms with van der Waals surface area (Å²) in [5.41, 5.74) is 0. The molecule has 9 nitrogen and oxygen atoms in total. The zero-order valence-corrected chi connectivity index (χ0v) is 10.0. The maximum atomic E-state index is 11.5. The molecule has 18 heavy (non-hydrogen) atoms. The van der Waals surface area contributed by atoms with Crippen LogP contribution in [0.4, 0.5) is 4.79 Å². The summed E-state index contributed by atoms with van der Waals surface area (Å²) in [5.74, 6) is 0.00851. The molecule has 0 unspecified atom stereocenters. The second kappa shape index (κ2) is 6.81. The van der Waals surface area contributed by atoms with Crippen molar-refractivity contribution in [3.63, 3.8) is 0 Å². The highest BCUT2D eigenvalue weighted by molar-refractivity contribution is 6.18. The Kier molecular flexibility index (Phi) is 5.69. The third-order valence-corrected chi connectivity index (χ3v) is 2.56. The SMILES string of the molecule is O=NN(CCCl)C(=O)N[C@@H]1OC[C@@H](O)[C@@H](O)[C@H]1O. The first-order valence-corrected chi connectivity index (χ1v) is 5.67. The van der Waals surface area contributed by atoms with E-state index < -0.39 is 30.6 Å². The number of ether oxygens (including phenoxy) is 1. The van der Waals surface area contributed by atoms with Gasteiger partial charge in [0.15, 0.2) is 6.23 Å². The lowest BCUT2D eigenvalue weighted by atomic mass is 10.0. The third-order valence-electron chi connectivity index (χ3n) is 2.40. The Morgan fingerprint density at radius 3 is 2.67 bits per heavy atom. The van der Waals surface area contributed by atoms with Crippen LogP contribution in [-0.4, -0.2) is 69.9 Å². The molecule has 0 aromatic heterocycles. The van der Waals surface area contributed by atoms with Crippen molar-refractivity contribution >= 4 is 17.6 Å². The van der Waals surface area contributed by atoms with Gasteiger partial charge in [0.1, 0.15) is 18.3 Å². The van der Waals surface area contributed by atoms with E-state index >= 15 is 0 Å². The molecule has 0 bridgehead atoms. The van der Waals surface area contributed by atoms with E-state index in [1.807, 2.05) is 0 Å². The molecular weight excluding hydrogens is 270 g/mol. The summed E-state index contributed by atoms with van der Waals surface area (Å²) in [6.45, 7) is -0.363. The lowest BCUT2D eigenvalue weighted by Crippen LogP contribution is -2.60. The molecule has 4 N–H and O–H groups in total. The lowest BCUT2D eigenvalue weighted by molar-refractivity contribution is -0.192. The van der Waals surface area contributed by atoms with Crippen LogP contribution < -0.4 is 5.32 Å². The number of halogens is 1. The summed E-state index contributed by atoms with van der Waals surface area (Å²) in [6.07, 6.45) is -5.44. The second-order valence-electron chi connectivity index (χ2n) is 3.65. The van der Waals surface area contributed by atoms with Crippen LogP contribution in [-0.2, 0) is 4.74 Å². The highest BCUT2D eigenvalue weighted by Gasteiger charge is 2.38. The predicted octanol–water partition coefficient (Wildman–Crippen LogP) is -1.64. The van der Waals surface area contributed by atoms with Crippen LogP contribution in [0.5, 0.6) is 0 Å².